The van der Waals surface area contributed by atoms with Crippen LogP contribution in [-0.4, -0.2) is 22.2 Å². The molecule has 1 aromatic rings. The molecular formula is C5H4BBrINO2. The molecule has 2 N–H and O–H groups in total. The number of nitrogens with zero attached hydrogens (tertiary/aromatic N) is 1. The molecule has 1 rings (SSSR count). The van der Waals surface area contributed by atoms with Gasteiger partial charge in [0.05, 0.1) is 0 Å². The maximum atomic E-state index is 8.74. The van der Waals surface area contributed by atoms with Crippen LogP contribution >= 0.6 is 38.5 Å². The summed E-state index contributed by atoms with van der Waals surface area (Å²) in [6.07, 6.45) is 1.41. The average molecular weight is 328 g/mol. The van der Waals surface area contributed by atoms with E-state index in [1.54, 1.807) is 6.07 Å². The van der Waals surface area contributed by atoms with E-state index in [2.05, 4.69) is 43.5 Å². The standard InChI is InChI=1S/C5H4BBrINO2/c7-5-4(8)1-3(2-9-5)6(10)11/h1-2,10-11H. The molecule has 0 atom stereocenters. The normalized spacial score (nSPS) is 9.82. The second-order valence-electron chi connectivity index (χ2n) is 1.91. The molecule has 0 fully saturated rings. The van der Waals surface area contributed by atoms with Crippen LogP contribution in [-0.2, 0) is 0 Å². The van der Waals surface area contributed by atoms with Gasteiger partial charge in [-0.05, 0) is 44.6 Å². The topological polar surface area (TPSA) is 53.4 Å². The van der Waals surface area contributed by atoms with Crippen LogP contribution in [0.25, 0.3) is 0 Å². The summed E-state index contributed by atoms with van der Waals surface area (Å²) >= 11 is 5.25. The summed E-state index contributed by atoms with van der Waals surface area (Å²) in [5.41, 5.74) is 0.401. The maximum absolute atomic E-state index is 8.74. The molecular weight excluding hydrogens is 324 g/mol. The molecule has 0 aromatic carbocycles. The van der Waals surface area contributed by atoms with Crippen molar-refractivity contribution in [3.8, 4) is 0 Å². The van der Waals surface area contributed by atoms with Crippen molar-refractivity contribution in [2.45, 2.75) is 0 Å². The summed E-state index contributed by atoms with van der Waals surface area (Å²) < 4.78 is 1.57. The van der Waals surface area contributed by atoms with Gasteiger partial charge in [-0.2, -0.15) is 0 Å². The lowest BCUT2D eigenvalue weighted by Gasteiger charge is -1.99. The molecule has 0 aliphatic heterocycles. The van der Waals surface area contributed by atoms with Crippen LogP contribution < -0.4 is 5.46 Å². The first kappa shape index (κ1) is 9.43. The van der Waals surface area contributed by atoms with Crippen molar-refractivity contribution in [2.75, 3.05) is 0 Å². The Balaban J connectivity index is 3.05. The first-order valence-corrected chi connectivity index (χ1v) is 4.65. The zero-order chi connectivity index (χ0) is 8.43. The predicted octanol–water partition coefficient (Wildman–Crippen LogP) is 0.128. The van der Waals surface area contributed by atoms with Gasteiger partial charge in [0.15, 0.2) is 0 Å². The first-order valence-electron chi connectivity index (χ1n) is 2.78. The van der Waals surface area contributed by atoms with E-state index in [9.17, 15) is 0 Å². The van der Waals surface area contributed by atoms with E-state index in [1.807, 2.05) is 0 Å². The van der Waals surface area contributed by atoms with E-state index in [1.165, 1.54) is 6.20 Å². The SMILES string of the molecule is OB(O)c1cnc(Br)c(I)c1. The second kappa shape index (κ2) is 3.84. The molecule has 0 spiro atoms. The highest BCUT2D eigenvalue weighted by atomic mass is 127. The molecule has 0 unspecified atom stereocenters. The van der Waals surface area contributed by atoms with Gasteiger partial charge in [0, 0.05) is 15.2 Å². The number of hydrogen-bond donors (Lipinski definition) is 2. The van der Waals surface area contributed by atoms with E-state index in [0.717, 1.165) is 3.57 Å². The largest absolute Gasteiger partial charge is 0.490 e. The van der Waals surface area contributed by atoms with Crippen molar-refractivity contribution in [2.24, 2.45) is 0 Å². The van der Waals surface area contributed by atoms with E-state index in [-0.39, 0.29) is 0 Å². The number of hydrogen-bond acceptors (Lipinski definition) is 3. The minimum Gasteiger partial charge on any atom is -0.423 e. The van der Waals surface area contributed by atoms with Gasteiger partial charge < -0.3 is 10.0 Å². The Kier molecular flexibility index (Phi) is 3.29. The molecule has 0 aliphatic rings. The summed E-state index contributed by atoms with van der Waals surface area (Å²) in [4.78, 5) is 3.89. The number of halogens is 2. The fourth-order valence-corrected chi connectivity index (χ4v) is 1.29. The zero-order valence-electron chi connectivity index (χ0n) is 5.33. The third-order valence-corrected chi connectivity index (χ3v) is 3.31. The summed E-state index contributed by atoms with van der Waals surface area (Å²) in [5, 5.41) is 17.5. The fourth-order valence-electron chi connectivity index (χ4n) is 0.577. The van der Waals surface area contributed by atoms with E-state index >= 15 is 0 Å². The van der Waals surface area contributed by atoms with Crippen LogP contribution in [0.1, 0.15) is 0 Å². The predicted molar refractivity (Wildman–Crippen MR) is 54.5 cm³/mol. The summed E-state index contributed by atoms with van der Waals surface area (Å²) in [5.74, 6) is 0. The van der Waals surface area contributed by atoms with Crippen molar-refractivity contribution in [3.05, 3.63) is 20.4 Å². The summed E-state index contributed by atoms with van der Waals surface area (Å²) in [6.45, 7) is 0. The molecule has 0 saturated carbocycles. The van der Waals surface area contributed by atoms with Crippen molar-refractivity contribution < 1.29 is 10.0 Å². The number of aromatic nitrogens is 1. The van der Waals surface area contributed by atoms with Crippen LogP contribution in [0.5, 0.6) is 0 Å². The van der Waals surface area contributed by atoms with Crippen LogP contribution in [0.4, 0.5) is 0 Å². The number of pyridine rings is 1. The van der Waals surface area contributed by atoms with Gasteiger partial charge in [0.1, 0.15) is 4.60 Å². The Bertz CT molecular complexity index is 271. The Labute approximate surface area is 86.3 Å². The number of rotatable bonds is 1. The first-order chi connectivity index (χ1) is 5.11. The van der Waals surface area contributed by atoms with Crippen molar-refractivity contribution >= 4 is 51.1 Å². The molecule has 58 valence electrons. The average Bonchev–Trinajstić information content (AvgIpc) is 1.94. The third kappa shape index (κ3) is 2.39. The lowest BCUT2D eigenvalue weighted by molar-refractivity contribution is 0.425. The van der Waals surface area contributed by atoms with Crippen molar-refractivity contribution in [1.82, 2.24) is 4.98 Å². The van der Waals surface area contributed by atoms with Gasteiger partial charge in [-0.3, -0.25) is 0 Å². The fraction of sp³-hybridized carbons (Fsp3) is 0. The molecule has 11 heavy (non-hydrogen) atoms. The lowest BCUT2D eigenvalue weighted by atomic mass is 9.82. The summed E-state index contributed by atoms with van der Waals surface area (Å²) in [7, 11) is -1.44. The molecule has 0 amide bonds. The van der Waals surface area contributed by atoms with E-state index in [0.29, 0.717) is 10.1 Å². The highest BCUT2D eigenvalue weighted by Crippen LogP contribution is 2.13. The second-order valence-corrected chi connectivity index (χ2v) is 3.83. The zero-order valence-corrected chi connectivity index (χ0v) is 9.07. The van der Waals surface area contributed by atoms with Crippen LogP contribution in [0, 0.1) is 3.57 Å². The van der Waals surface area contributed by atoms with Crippen molar-refractivity contribution in [3.63, 3.8) is 0 Å². The molecule has 6 heteroatoms. The molecule has 1 heterocycles. The van der Waals surface area contributed by atoms with E-state index < -0.39 is 7.12 Å². The minimum atomic E-state index is -1.44. The quantitative estimate of drug-likeness (QED) is 0.438. The van der Waals surface area contributed by atoms with Gasteiger partial charge in [0.25, 0.3) is 0 Å². The van der Waals surface area contributed by atoms with Crippen LogP contribution in [0.2, 0.25) is 0 Å². The monoisotopic (exact) mass is 327 g/mol. The lowest BCUT2D eigenvalue weighted by Crippen LogP contribution is -2.30. The highest BCUT2D eigenvalue weighted by molar-refractivity contribution is 14.1. The molecule has 0 radical (unpaired) electrons. The Morgan fingerprint density at radius 3 is 2.64 bits per heavy atom. The molecule has 1 aromatic heterocycles. The van der Waals surface area contributed by atoms with E-state index in [4.69, 9.17) is 10.0 Å². The van der Waals surface area contributed by atoms with Gasteiger partial charge in [0.2, 0.25) is 0 Å². The van der Waals surface area contributed by atoms with Crippen LogP contribution in [0.3, 0.4) is 0 Å². The maximum Gasteiger partial charge on any atom is 0.490 e. The smallest absolute Gasteiger partial charge is 0.423 e. The molecule has 0 aliphatic carbocycles. The Morgan fingerprint density at radius 1 is 1.55 bits per heavy atom. The molecule has 0 saturated heterocycles. The van der Waals surface area contributed by atoms with Gasteiger partial charge >= 0.3 is 7.12 Å². The van der Waals surface area contributed by atoms with Gasteiger partial charge in [-0.1, -0.05) is 0 Å². The molecule has 3 nitrogen and oxygen atoms in total. The third-order valence-electron chi connectivity index (χ3n) is 1.12. The van der Waals surface area contributed by atoms with Gasteiger partial charge in [-0.15, -0.1) is 0 Å². The molecule has 0 bridgehead atoms. The van der Waals surface area contributed by atoms with Crippen molar-refractivity contribution in [1.29, 1.82) is 0 Å². The Hall–Kier alpha value is 0.345. The van der Waals surface area contributed by atoms with Crippen LogP contribution in [0.15, 0.2) is 16.9 Å². The minimum absolute atomic E-state index is 0.401. The highest BCUT2D eigenvalue weighted by Gasteiger charge is 2.12. The van der Waals surface area contributed by atoms with Gasteiger partial charge in [-0.25, -0.2) is 4.98 Å². The Morgan fingerprint density at radius 2 is 2.18 bits per heavy atom. The summed E-state index contributed by atoms with van der Waals surface area (Å²) in [6, 6.07) is 1.66.